The maximum Gasteiger partial charge on any atom is 0.127 e. The quantitative estimate of drug-likeness (QED) is 0.745. The summed E-state index contributed by atoms with van der Waals surface area (Å²) in [7, 11) is 0. The Kier molecular flexibility index (Phi) is 4.19. The van der Waals surface area contributed by atoms with E-state index in [9.17, 15) is 4.39 Å². The van der Waals surface area contributed by atoms with Crippen molar-refractivity contribution in [3.05, 3.63) is 35.6 Å². The molecular formula is C10H13ClFN. The lowest BCUT2D eigenvalue weighted by Crippen LogP contribution is -2.12. The summed E-state index contributed by atoms with van der Waals surface area (Å²) in [6.45, 7) is 0. The first-order valence-electron chi connectivity index (χ1n) is 4.31. The van der Waals surface area contributed by atoms with Crippen LogP contribution < -0.4 is 5.73 Å². The number of alkyl halides is 1. The van der Waals surface area contributed by atoms with Gasteiger partial charge in [-0.2, -0.15) is 0 Å². The van der Waals surface area contributed by atoms with Crippen LogP contribution in [-0.4, -0.2) is 5.88 Å². The molecule has 13 heavy (non-hydrogen) atoms. The van der Waals surface area contributed by atoms with Gasteiger partial charge in [0.05, 0.1) is 0 Å². The highest BCUT2D eigenvalue weighted by Crippen LogP contribution is 2.18. The van der Waals surface area contributed by atoms with Crippen molar-refractivity contribution in [2.24, 2.45) is 5.73 Å². The lowest BCUT2D eigenvalue weighted by Gasteiger charge is -2.11. The summed E-state index contributed by atoms with van der Waals surface area (Å²) in [5.41, 5.74) is 6.36. The first kappa shape index (κ1) is 10.5. The van der Waals surface area contributed by atoms with Crippen molar-refractivity contribution in [3.8, 4) is 0 Å². The van der Waals surface area contributed by atoms with Crippen LogP contribution in [0.4, 0.5) is 4.39 Å². The van der Waals surface area contributed by atoms with Crippen molar-refractivity contribution in [2.45, 2.75) is 18.9 Å². The number of rotatable bonds is 4. The molecule has 0 saturated carbocycles. The predicted octanol–water partition coefficient (Wildman–Crippen LogP) is 2.84. The fourth-order valence-electron chi connectivity index (χ4n) is 1.23. The largest absolute Gasteiger partial charge is 0.324 e. The fourth-order valence-corrected chi connectivity index (χ4v) is 1.38. The van der Waals surface area contributed by atoms with Crippen molar-refractivity contribution >= 4 is 11.6 Å². The van der Waals surface area contributed by atoms with Crippen molar-refractivity contribution < 1.29 is 4.39 Å². The Bertz CT molecular complexity index is 265. The van der Waals surface area contributed by atoms with Crippen molar-refractivity contribution in [1.29, 1.82) is 0 Å². The summed E-state index contributed by atoms with van der Waals surface area (Å²) in [5.74, 6) is 0.340. The molecule has 0 aromatic heterocycles. The number of hydrogen-bond acceptors (Lipinski definition) is 1. The van der Waals surface area contributed by atoms with Gasteiger partial charge in [0.15, 0.2) is 0 Å². The Morgan fingerprint density at radius 3 is 2.69 bits per heavy atom. The van der Waals surface area contributed by atoms with Crippen LogP contribution in [0.1, 0.15) is 24.4 Å². The predicted molar refractivity (Wildman–Crippen MR) is 53.3 cm³/mol. The van der Waals surface area contributed by atoms with Crippen LogP contribution in [0, 0.1) is 5.82 Å². The highest BCUT2D eigenvalue weighted by Gasteiger charge is 2.09. The van der Waals surface area contributed by atoms with E-state index in [1.807, 2.05) is 0 Å². The smallest absolute Gasteiger partial charge is 0.127 e. The molecule has 2 N–H and O–H groups in total. The summed E-state index contributed by atoms with van der Waals surface area (Å²) in [6.07, 6.45) is 1.54. The third kappa shape index (κ3) is 2.98. The fraction of sp³-hybridized carbons (Fsp3) is 0.400. The van der Waals surface area contributed by atoms with Gasteiger partial charge in [0.25, 0.3) is 0 Å². The number of halogens is 2. The zero-order valence-electron chi connectivity index (χ0n) is 7.34. The van der Waals surface area contributed by atoms with E-state index in [0.717, 1.165) is 12.8 Å². The average molecular weight is 202 g/mol. The van der Waals surface area contributed by atoms with Crippen LogP contribution in [0.15, 0.2) is 24.3 Å². The Labute approximate surface area is 82.7 Å². The molecule has 0 heterocycles. The molecule has 0 spiro atoms. The number of hydrogen-bond donors (Lipinski definition) is 1. The minimum atomic E-state index is -0.236. The second-order valence-electron chi connectivity index (χ2n) is 2.96. The lowest BCUT2D eigenvalue weighted by molar-refractivity contribution is 0.560. The normalized spacial score (nSPS) is 12.8. The third-order valence-electron chi connectivity index (χ3n) is 1.95. The van der Waals surface area contributed by atoms with Crippen molar-refractivity contribution in [3.63, 3.8) is 0 Å². The lowest BCUT2D eigenvalue weighted by atomic mass is 10.0. The van der Waals surface area contributed by atoms with E-state index < -0.39 is 0 Å². The van der Waals surface area contributed by atoms with Gasteiger partial charge < -0.3 is 5.73 Å². The molecule has 0 saturated heterocycles. The van der Waals surface area contributed by atoms with Crippen LogP contribution in [0.25, 0.3) is 0 Å². The zero-order valence-corrected chi connectivity index (χ0v) is 8.10. The molecule has 0 aliphatic heterocycles. The van der Waals surface area contributed by atoms with Gasteiger partial charge in [-0.3, -0.25) is 0 Å². The molecule has 0 amide bonds. The Morgan fingerprint density at radius 2 is 2.08 bits per heavy atom. The van der Waals surface area contributed by atoms with E-state index in [-0.39, 0.29) is 11.9 Å². The molecule has 1 rings (SSSR count). The molecule has 1 atom stereocenters. The molecule has 3 heteroatoms. The van der Waals surface area contributed by atoms with Gasteiger partial charge in [-0.1, -0.05) is 18.2 Å². The van der Waals surface area contributed by atoms with E-state index >= 15 is 0 Å². The Hall–Kier alpha value is -0.600. The standard InChI is InChI=1S/C10H13ClFN/c11-7-3-6-10(13)8-4-1-2-5-9(8)12/h1-2,4-5,10H,3,6-7,13H2/t10-/m1/s1. The van der Waals surface area contributed by atoms with Gasteiger partial charge in [0, 0.05) is 17.5 Å². The highest BCUT2D eigenvalue weighted by atomic mass is 35.5. The molecule has 0 fully saturated rings. The molecule has 72 valence electrons. The topological polar surface area (TPSA) is 26.0 Å². The van der Waals surface area contributed by atoms with Crippen LogP contribution >= 0.6 is 11.6 Å². The summed E-state index contributed by atoms with van der Waals surface area (Å²) in [5, 5.41) is 0. The average Bonchev–Trinajstić information content (AvgIpc) is 2.15. The maximum absolute atomic E-state index is 13.2. The van der Waals surface area contributed by atoms with E-state index in [2.05, 4.69) is 0 Å². The van der Waals surface area contributed by atoms with Gasteiger partial charge in [-0.05, 0) is 18.9 Å². The third-order valence-corrected chi connectivity index (χ3v) is 2.22. The summed E-state index contributed by atoms with van der Waals surface area (Å²) < 4.78 is 13.2. The van der Waals surface area contributed by atoms with Crippen LogP contribution in [0.5, 0.6) is 0 Å². The van der Waals surface area contributed by atoms with Gasteiger partial charge in [-0.25, -0.2) is 4.39 Å². The molecule has 0 unspecified atom stereocenters. The molecular weight excluding hydrogens is 189 g/mol. The van der Waals surface area contributed by atoms with Crippen LogP contribution in [0.2, 0.25) is 0 Å². The number of nitrogens with two attached hydrogens (primary N) is 1. The molecule has 1 nitrogen and oxygen atoms in total. The first-order valence-corrected chi connectivity index (χ1v) is 4.85. The van der Waals surface area contributed by atoms with Crippen molar-refractivity contribution in [1.82, 2.24) is 0 Å². The SMILES string of the molecule is N[C@H](CCCCl)c1ccccc1F. The van der Waals surface area contributed by atoms with Gasteiger partial charge in [-0.15, -0.1) is 11.6 Å². The van der Waals surface area contributed by atoms with Crippen molar-refractivity contribution in [2.75, 3.05) is 5.88 Å². The molecule has 1 aromatic carbocycles. The summed E-state index contributed by atoms with van der Waals surface area (Å²) in [4.78, 5) is 0. The second-order valence-corrected chi connectivity index (χ2v) is 3.34. The van der Waals surface area contributed by atoms with E-state index in [1.165, 1.54) is 6.07 Å². The van der Waals surface area contributed by atoms with E-state index in [1.54, 1.807) is 18.2 Å². The van der Waals surface area contributed by atoms with E-state index in [0.29, 0.717) is 11.4 Å². The molecule has 0 aliphatic carbocycles. The van der Waals surface area contributed by atoms with E-state index in [4.69, 9.17) is 17.3 Å². The second kappa shape index (κ2) is 5.20. The molecule has 1 aromatic rings. The highest BCUT2D eigenvalue weighted by molar-refractivity contribution is 6.17. The minimum Gasteiger partial charge on any atom is -0.324 e. The van der Waals surface area contributed by atoms with Gasteiger partial charge in [0.1, 0.15) is 5.82 Å². The molecule has 0 aliphatic rings. The van der Waals surface area contributed by atoms with Crippen LogP contribution in [-0.2, 0) is 0 Å². The van der Waals surface area contributed by atoms with Gasteiger partial charge in [0.2, 0.25) is 0 Å². The van der Waals surface area contributed by atoms with Crippen LogP contribution in [0.3, 0.4) is 0 Å². The van der Waals surface area contributed by atoms with Gasteiger partial charge >= 0.3 is 0 Å². The molecule has 0 bridgehead atoms. The zero-order chi connectivity index (χ0) is 9.68. The minimum absolute atomic E-state index is 0.232. The summed E-state index contributed by atoms with van der Waals surface area (Å²) >= 11 is 5.52. The Balaban J connectivity index is 2.65. The first-order chi connectivity index (χ1) is 6.25. The summed E-state index contributed by atoms with van der Waals surface area (Å²) in [6, 6.07) is 6.36. The maximum atomic E-state index is 13.2. The number of benzene rings is 1. The monoisotopic (exact) mass is 201 g/mol. The Morgan fingerprint density at radius 1 is 1.38 bits per heavy atom. The molecule has 0 radical (unpaired) electrons.